The Bertz CT molecular complexity index is 1500. The number of ether oxygens (including phenoxy) is 1. The van der Waals surface area contributed by atoms with Gasteiger partial charge in [-0.1, -0.05) is 36.4 Å². The molecule has 5 rings (SSSR count). The first kappa shape index (κ1) is 21.8. The van der Waals surface area contributed by atoms with Gasteiger partial charge in [0.15, 0.2) is 5.76 Å². The number of nitrogens with zero attached hydrogens (tertiary/aromatic N) is 3. The molecule has 0 saturated carbocycles. The minimum atomic E-state index is -0.550. The zero-order valence-electron chi connectivity index (χ0n) is 18.4. The Morgan fingerprint density at radius 2 is 1.77 bits per heavy atom. The van der Waals surface area contributed by atoms with Crippen LogP contribution < -0.4 is 0 Å². The number of esters is 1. The summed E-state index contributed by atoms with van der Waals surface area (Å²) in [5.41, 5.74) is 3.51. The van der Waals surface area contributed by atoms with Gasteiger partial charge in [0.25, 0.3) is 5.69 Å². The number of rotatable bonds is 7. The maximum atomic E-state index is 12.4. The molecule has 2 aromatic heterocycles. The molecule has 0 aliphatic heterocycles. The van der Waals surface area contributed by atoms with Gasteiger partial charge in [-0.3, -0.25) is 10.1 Å². The van der Waals surface area contributed by atoms with Crippen LogP contribution in [0.15, 0.2) is 102 Å². The molecule has 3 aromatic carbocycles. The fraction of sp³-hybridized carbons (Fsp3) is 0.0370. The number of hydrogen-bond acceptors (Lipinski definition) is 6. The molecule has 0 saturated heterocycles. The molecule has 0 atom stereocenters. The van der Waals surface area contributed by atoms with Crippen LogP contribution in [0.3, 0.4) is 0 Å². The zero-order valence-corrected chi connectivity index (χ0v) is 18.4. The van der Waals surface area contributed by atoms with E-state index in [1.165, 1.54) is 18.2 Å². The van der Waals surface area contributed by atoms with Crippen LogP contribution in [0.25, 0.3) is 34.2 Å². The first-order valence-electron chi connectivity index (χ1n) is 10.8. The van der Waals surface area contributed by atoms with Crippen LogP contribution >= 0.6 is 0 Å². The van der Waals surface area contributed by atoms with Crippen LogP contribution in [0.1, 0.15) is 11.1 Å². The predicted molar refractivity (Wildman–Crippen MR) is 131 cm³/mol. The van der Waals surface area contributed by atoms with Crippen LogP contribution in [0.4, 0.5) is 5.69 Å². The van der Waals surface area contributed by atoms with Gasteiger partial charge in [0, 0.05) is 35.4 Å². The molecule has 35 heavy (non-hydrogen) atoms. The van der Waals surface area contributed by atoms with Gasteiger partial charge < -0.3 is 9.15 Å². The number of nitro groups is 1. The molecule has 5 aromatic rings. The quantitative estimate of drug-likeness (QED) is 0.127. The molecule has 0 spiro atoms. The van der Waals surface area contributed by atoms with Gasteiger partial charge in [0.1, 0.15) is 17.9 Å². The van der Waals surface area contributed by atoms with Crippen molar-refractivity contribution in [3.8, 4) is 17.1 Å². The third-order valence-electron chi connectivity index (χ3n) is 5.35. The standard InChI is InChI=1S/C27H19N3O5/c31-26(34-18-19-10-13-23(14-11-19)30(32)33)15-12-21-17-29(22-7-2-1-3-8-22)28-27(21)25-16-20-6-4-5-9-24(20)35-25/h1-17H,18H2. The smallest absolute Gasteiger partial charge is 0.331 e. The van der Waals surface area contributed by atoms with Crippen LogP contribution in [0.2, 0.25) is 0 Å². The molecular weight excluding hydrogens is 446 g/mol. The van der Waals surface area contributed by atoms with E-state index in [0.717, 1.165) is 16.7 Å². The fourth-order valence-electron chi connectivity index (χ4n) is 3.59. The highest BCUT2D eigenvalue weighted by atomic mass is 16.6. The normalized spacial score (nSPS) is 11.2. The number of para-hydroxylation sites is 2. The van der Waals surface area contributed by atoms with Crippen molar-refractivity contribution in [2.45, 2.75) is 6.61 Å². The predicted octanol–water partition coefficient (Wildman–Crippen LogP) is 5.95. The van der Waals surface area contributed by atoms with Crippen LogP contribution in [-0.4, -0.2) is 20.7 Å². The maximum Gasteiger partial charge on any atom is 0.331 e. The lowest BCUT2D eigenvalue weighted by Gasteiger charge is -2.02. The van der Waals surface area contributed by atoms with Gasteiger partial charge in [-0.25, -0.2) is 9.48 Å². The highest BCUT2D eigenvalue weighted by Crippen LogP contribution is 2.30. The Labute approximate surface area is 199 Å². The SMILES string of the molecule is O=C(C=Cc1cn(-c2ccccc2)nc1-c1cc2ccccc2o1)OCc1ccc([N+](=O)[O-])cc1. The minimum Gasteiger partial charge on any atom is -0.458 e. The van der Waals surface area contributed by atoms with Gasteiger partial charge in [-0.05, 0) is 48.0 Å². The molecule has 8 heteroatoms. The summed E-state index contributed by atoms with van der Waals surface area (Å²) in [6.45, 7) is 0.000868. The second-order valence-corrected chi connectivity index (χ2v) is 7.73. The second-order valence-electron chi connectivity index (χ2n) is 7.73. The number of aromatic nitrogens is 2. The lowest BCUT2D eigenvalue weighted by Crippen LogP contribution is -2.00. The monoisotopic (exact) mass is 465 g/mol. The summed E-state index contributed by atoms with van der Waals surface area (Å²) in [4.78, 5) is 22.7. The van der Waals surface area contributed by atoms with Crippen molar-refractivity contribution >= 4 is 28.7 Å². The van der Waals surface area contributed by atoms with E-state index in [4.69, 9.17) is 14.3 Å². The number of non-ortho nitro benzene ring substituents is 1. The van der Waals surface area contributed by atoms with Gasteiger partial charge >= 0.3 is 5.97 Å². The van der Waals surface area contributed by atoms with Gasteiger partial charge in [-0.15, -0.1) is 0 Å². The Morgan fingerprint density at radius 3 is 2.51 bits per heavy atom. The summed E-state index contributed by atoms with van der Waals surface area (Å²) in [5, 5.41) is 16.4. The van der Waals surface area contributed by atoms with Crippen LogP contribution in [0, 0.1) is 10.1 Å². The minimum absolute atomic E-state index is 0.000868. The second kappa shape index (κ2) is 9.48. The number of fused-ring (bicyclic) bond motifs is 1. The van der Waals surface area contributed by atoms with E-state index in [1.54, 1.807) is 22.9 Å². The number of hydrogen-bond donors (Lipinski definition) is 0. The van der Waals surface area contributed by atoms with Crippen molar-refractivity contribution in [2.75, 3.05) is 0 Å². The molecule has 0 unspecified atom stereocenters. The van der Waals surface area contributed by atoms with Crippen LogP contribution in [0.5, 0.6) is 0 Å². The van der Waals surface area contributed by atoms with E-state index < -0.39 is 10.9 Å². The lowest BCUT2D eigenvalue weighted by atomic mass is 10.2. The lowest BCUT2D eigenvalue weighted by molar-refractivity contribution is -0.384. The summed E-state index contributed by atoms with van der Waals surface area (Å²) in [6.07, 6.45) is 4.77. The molecule has 0 N–H and O–H groups in total. The zero-order chi connectivity index (χ0) is 24.2. The largest absolute Gasteiger partial charge is 0.458 e. The molecule has 0 bridgehead atoms. The molecule has 0 amide bonds. The average Bonchev–Trinajstić information content (AvgIpc) is 3.51. The summed E-state index contributed by atoms with van der Waals surface area (Å²) in [5.74, 6) is 0.0335. The van der Waals surface area contributed by atoms with Crippen molar-refractivity contribution < 1.29 is 18.9 Å². The summed E-state index contributed by atoms with van der Waals surface area (Å²) in [6, 6.07) is 25.1. The molecule has 0 radical (unpaired) electrons. The fourth-order valence-corrected chi connectivity index (χ4v) is 3.59. The molecule has 172 valence electrons. The van der Waals surface area contributed by atoms with Crippen molar-refractivity contribution in [1.29, 1.82) is 0 Å². The van der Waals surface area contributed by atoms with Crippen molar-refractivity contribution in [3.63, 3.8) is 0 Å². The Kier molecular flexibility index (Phi) is 5.92. The number of nitro benzene ring substituents is 1. The third-order valence-corrected chi connectivity index (χ3v) is 5.35. The number of furan rings is 1. The summed E-state index contributed by atoms with van der Waals surface area (Å²) >= 11 is 0. The first-order valence-corrected chi connectivity index (χ1v) is 10.8. The van der Waals surface area contributed by atoms with Gasteiger partial charge in [-0.2, -0.15) is 5.10 Å². The van der Waals surface area contributed by atoms with Crippen LogP contribution in [-0.2, 0) is 16.1 Å². The van der Waals surface area contributed by atoms with E-state index in [0.29, 0.717) is 22.6 Å². The topological polar surface area (TPSA) is 100 Å². The molecule has 0 aliphatic carbocycles. The third kappa shape index (κ3) is 4.86. The Hall–Kier alpha value is -4.98. The van der Waals surface area contributed by atoms with E-state index in [1.807, 2.05) is 66.9 Å². The summed E-state index contributed by atoms with van der Waals surface area (Å²) < 4.78 is 13.0. The number of carbonyl (C=O) groups excluding carboxylic acids is 1. The average molecular weight is 465 g/mol. The van der Waals surface area contributed by atoms with E-state index >= 15 is 0 Å². The Balaban J connectivity index is 1.39. The van der Waals surface area contributed by atoms with Crippen molar-refractivity contribution in [1.82, 2.24) is 9.78 Å². The summed E-state index contributed by atoms with van der Waals surface area (Å²) in [7, 11) is 0. The van der Waals surface area contributed by atoms with Crippen molar-refractivity contribution in [3.05, 3.63) is 118 Å². The highest BCUT2D eigenvalue weighted by molar-refractivity contribution is 5.89. The molecule has 2 heterocycles. The first-order chi connectivity index (χ1) is 17.1. The van der Waals surface area contributed by atoms with E-state index in [9.17, 15) is 14.9 Å². The molecule has 0 fully saturated rings. The number of carbonyl (C=O) groups is 1. The molecule has 8 nitrogen and oxygen atoms in total. The maximum absolute atomic E-state index is 12.4. The highest BCUT2D eigenvalue weighted by Gasteiger charge is 2.15. The van der Waals surface area contributed by atoms with Gasteiger partial charge in [0.05, 0.1) is 10.6 Å². The van der Waals surface area contributed by atoms with Crippen molar-refractivity contribution in [2.24, 2.45) is 0 Å². The Morgan fingerprint density at radius 1 is 1.03 bits per heavy atom. The number of benzene rings is 3. The molecule has 0 aliphatic rings. The van der Waals surface area contributed by atoms with E-state index in [2.05, 4.69) is 0 Å². The van der Waals surface area contributed by atoms with E-state index in [-0.39, 0.29) is 12.3 Å². The van der Waals surface area contributed by atoms with Gasteiger partial charge in [0.2, 0.25) is 0 Å². The molecular formula is C27H19N3O5.